The van der Waals surface area contributed by atoms with Gasteiger partial charge in [0.2, 0.25) is 5.91 Å². The van der Waals surface area contributed by atoms with Crippen LogP contribution in [0.1, 0.15) is 62.1 Å². The fourth-order valence-corrected chi connectivity index (χ4v) is 4.13. The van der Waals surface area contributed by atoms with Crippen LogP contribution in [0.4, 0.5) is 0 Å². The van der Waals surface area contributed by atoms with Crippen molar-refractivity contribution >= 4 is 5.91 Å². The van der Waals surface area contributed by atoms with Crippen LogP contribution >= 0.6 is 0 Å². The lowest BCUT2D eigenvalue weighted by Gasteiger charge is -2.22. The van der Waals surface area contributed by atoms with E-state index in [0.29, 0.717) is 12.6 Å². The van der Waals surface area contributed by atoms with E-state index in [2.05, 4.69) is 30.9 Å². The first-order valence-corrected chi connectivity index (χ1v) is 9.47. The van der Waals surface area contributed by atoms with Crippen LogP contribution < -0.4 is 16.2 Å². The highest BCUT2D eigenvalue weighted by Gasteiger charge is 2.35. The number of carbonyl (C=O) groups excluding carboxylic acids is 1. The minimum atomic E-state index is -0.164. The second-order valence-corrected chi connectivity index (χ2v) is 7.29. The molecule has 1 saturated carbocycles. The first-order chi connectivity index (χ1) is 12.7. The number of amides is 1. The molecule has 1 amide bonds. The molecular weight excluding hydrogens is 328 g/mol. The minimum Gasteiger partial charge on any atom is -0.346 e. The Morgan fingerprint density at radius 2 is 2.04 bits per heavy atom. The number of nitrogens with zero attached hydrogens (tertiary/aromatic N) is 3. The molecule has 3 N–H and O–H groups in total. The van der Waals surface area contributed by atoms with Gasteiger partial charge in [-0.25, -0.2) is 5.43 Å². The third kappa shape index (κ3) is 3.37. The molecular formula is C19H26N6O. The summed E-state index contributed by atoms with van der Waals surface area (Å²) in [6, 6.07) is 10.3. The second-order valence-electron chi connectivity index (χ2n) is 7.29. The summed E-state index contributed by atoms with van der Waals surface area (Å²) in [6.45, 7) is 2.59. The van der Waals surface area contributed by atoms with Gasteiger partial charge in [0.15, 0.2) is 5.82 Å². The number of benzene rings is 1. The number of hydrogen-bond donors (Lipinski definition) is 3. The van der Waals surface area contributed by atoms with Crippen molar-refractivity contribution in [2.45, 2.75) is 50.7 Å². The van der Waals surface area contributed by atoms with Gasteiger partial charge in [0.25, 0.3) is 0 Å². The fourth-order valence-electron chi connectivity index (χ4n) is 4.13. The zero-order valence-corrected chi connectivity index (χ0v) is 15.1. The van der Waals surface area contributed by atoms with Crippen molar-refractivity contribution in [2.75, 3.05) is 6.54 Å². The van der Waals surface area contributed by atoms with Gasteiger partial charge in [-0.05, 0) is 25.3 Å². The Morgan fingerprint density at radius 1 is 1.27 bits per heavy atom. The van der Waals surface area contributed by atoms with Gasteiger partial charge in [0.1, 0.15) is 6.33 Å². The lowest BCUT2D eigenvalue weighted by atomic mass is 9.94. The van der Waals surface area contributed by atoms with Gasteiger partial charge in [-0.1, -0.05) is 43.2 Å². The van der Waals surface area contributed by atoms with Crippen molar-refractivity contribution in [3.63, 3.8) is 0 Å². The molecule has 1 aliphatic carbocycles. The highest BCUT2D eigenvalue weighted by atomic mass is 16.2. The molecule has 0 spiro atoms. The largest absolute Gasteiger partial charge is 0.346 e. The van der Waals surface area contributed by atoms with E-state index in [9.17, 15) is 4.79 Å². The van der Waals surface area contributed by atoms with Crippen molar-refractivity contribution in [3.05, 3.63) is 48.0 Å². The van der Waals surface area contributed by atoms with E-state index in [1.54, 1.807) is 6.33 Å². The summed E-state index contributed by atoms with van der Waals surface area (Å²) >= 11 is 0. The molecule has 26 heavy (non-hydrogen) atoms. The van der Waals surface area contributed by atoms with Gasteiger partial charge < -0.3 is 9.88 Å². The Bertz CT molecular complexity index is 739. The molecule has 3 atom stereocenters. The standard InChI is InChI=1S/C19H26N6O/c1-13(18-24-21-12-25(18)15-9-5-6-10-15)22-19(26)16-11-20-23-17(16)14-7-3-2-4-8-14/h2-4,7-8,12-13,15-17,20,23H,5-6,9-11H2,1H3,(H,22,26). The number of rotatable bonds is 5. The van der Waals surface area contributed by atoms with E-state index >= 15 is 0 Å². The molecule has 2 heterocycles. The lowest BCUT2D eigenvalue weighted by Crippen LogP contribution is -2.37. The number of nitrogens with one attached hydrogen (secondary N) is 3. The summed E-state index contributed by atoms with van der Waals surface area (Å²) in [5, 5.41) is 11.5. The first-order valence-electron chi connectivity index (χ1n) is 9.47. The van der Waals surface area contributed by atoms with E-state index in [1.807, 2.05) is 37.3 Å². The average molecular weight is 354 g/mol. The van der Waals surface area contributed by atoms with E-state index in [1.165, 1.54) is 12.8 Å². The van der Waals surface area contributed by atoms with Crippen LogP contribution in [-0.4, -0.2) is 27.2 Å². The molecule has 138 valence electrons. The number of hydrogen-bond acceptors (Lipinski definition) is 5. The van der Waals surface area contributed by atoms with E-state index in [-0.39, 0.29) is 23.9 Å². The molecule has 7 heteroatoms. The van der Waals surface area contributed by atoms with Gasteiger partial charge in [0.05, 0.1) is 18.0 Å². The van der Waals surface area contributed by atoms with E-state index in [0.717, 1.165) is 24.2 Å². The van der Waals surface area contributed by atoms with Crippen LogP contribution in [0.3, 0.4) is 0 Å². The zero-order chi connectivity index (χ0) is 17.9. The van der Waals surface area contributed by atoms with Crippen molar-refractivity contribution in [3.8, 4) is 0 Å². The summed E-state index contributed by atoms with van der Waals surface area (Å²) in [4.78, 5) is 12.9. The molecule has 2 aromatic rings. The van der Waals surface area contributed by atoms with Gasteiger partial charge in [-0.2, -0.15) is 0 Å². The monoisotopic (exact) mass is 354 g/mol. The van der Waals surface area contributed by atoms with Crippen LogP contribution in [0.25, 0.3) is 0 Å². The number of aromatic nitrogens is 3. The molecule has 1 aliphatic heterocycles. The first kappa shape index (κ1) is 17.2. The molecule has 0 radical (unpaired) electrons. The maximum Gasteiger partial charge on any atom is 0.227 e. The SMILES string of the molecule is CC(NC(=O)C1CNNC1c1ccccc1)c1nncn1C1CCCC1. The van der Waals surface area contributed by atoms with Crippen LogP contribution in [-0.2, 0) is 4.79 Å². The van der Waals surface area contributed by atoms with Crippen LogP contribution in [0.15, 0.2) is 36.7 Å². The third-order valence-corrected chi connectivity index (χ3v) is 5.54. The highest BCUT2D eigenvalue weighted by Crippen LogP contribution is 2.31. The minimum absolute atomic E-state index is 0.0314. The van der Waals surface area contributed by atoms with Crippen molar-refractivity contribution in [1.29, 1.82) is 0 Å². The van der Waals surface area contributed by atoms with E-state index < -0.39 is 0 Å². The zero-order valence-electron chi connectivity index (χ0n) is 15.1. The van der Waals surface area contributed by atoms with Crippen LogP contribution in [0.2, 0.25) is 0 Å². The lowest BCUT2D eigenvalue weighted by molar-refractivity contribution is -0.125. The fraction of sp³-hybridized carbons (Fsp3) is 0.526. The van der Waals surface area contributed by atoms with E-state index in [4.69, 9.17) is 0 Å². The molecule has 2 fully saturated rings. The predicted molar refractivity (Wildman–Crippen MR) is 97.9 cm³/mol. The van der Waals surface area contributed by atoms with Gasteiger partial charge >= 0.3 is 0 Å². The Hall–Kier alpha value is -2.25. The number of hydrazine groups is 1. The third-order valence-electron chi connectivity index (χ3n) is 5.54. The summed E-state index contributed by atoms with van der Waals surface area (Å²) in [6.07, 6.45) is 6.64. The number of carbonyl (C=O) groups is 1. The Morgan fingerprint density at radius 3 is 2.81 bits per heavy atom. The summed E-state index contributed by atoms with van der Waals surface area (Å²) in [7, 11) is 0. The Labute approximate surface area is 153 Å². The summed E-state index contributed by atoms with van der Waals surface area (Å²) in [5.41, 5.74) is 7.46. The van der Waals surface area contributed by atoms with Gasteiger partial charge in [-0.15, -0.1) is 10.2 Å². The quantitative estimate of drug-likeness (QED) is 0.765. The van der Waals surface area contributed by atoms with Gasteiger partial charge in [0, 0.05) is 12.6 Å². The predicted octanol–water partition coefficient (Wildman–Crippen LogP) is 2.04. The van der Waals surface area contributed by atoms with Crippen molar-refractivity contribution < 1.29 is 4.79 Å². The highest BCUT2D eigenvalue weighted by molar-refractivity contribution is 5.80. The molecule has 0 bridgehead atoms. The van der Waals surface area contributed by atoms with Gasteiger partial charge in [-0.3, -0.25) is 10.2 Å². The van der Waals surface area contributed by atoms with Crippen molar-refractivity contribution in [1.82, 2.24) is 30.9 Å². The molecule has 3 unspecified atom stereocenters. The molecule has 2 aliphatic rings. The maximum atomic E-state index is 12.9. The van der Waals surface area contributed by atoms with Crippen molar-refractivity contribution in [2.24, 2.45) is 5.92 Å². The smallest absolute Gasteiger partial charge is 0.227 e. The molecule has 1 aromatic carbocycles. The van der Waals surface area contributed by atoms with Crippen LogP contribution in [0, 0.1) is 5.92 Å². The topological polar surface area (TPSA) is 83.9 Å². The normalized spacial score (nSPS) is 24.7. The average Bonchev–Trinajstić information content (AvgIpc) is 3.42. The molecule has 1 aromatic heterocycles. The molecule has 1 saturated heterocycles. The molecule has 4 rings (SSSR count). The molecule has 7 nitrogen and oxygen atoms in total. The summed E-state index contributed by atoms with van der Waals surface area (Å²) in [5.74, 6) is 0.716. The Balaban J connectivity index is 1.45. The van der Waals surface area contributed by atoms with Crippen LogP contribution in [0.5, 0.6) is 0 Å². The maximum absolute atomic E-state index is 12.9. The summed E-state index contributed by atoms with van der Waals surface area (Å²) < 4.78 is 2.15. The Kier molecular flexibility index (Phi) is 4.99. The second kappa shape index (κ2) is 7.55.